The van der Waals surface area contributed by atoms with E-state index in [-0.39, 0.29) is 0 Å². The highest BCUT2D eigenvalue weighted by Gasteiger charge is 2.15. The van der Waals surface area contributed by atoms with Crippen LogP contribution in [-0.4, -0.2) is 44.1 Å². The van der Waals surface area contributed by atoms with Crippen LogP contribution in [0.25, 0.3) is 11.1 Å². The van der Waals surface area contributed by atoms with Crippen molar-refractivity contribution < 1.29 is 4.74 Å². The second kappa shape index (κ2) is 12.4. The molecule has 10 heteroatoms. The van der Waals surface area contributed by atoms with Gasteiger partial charge in [0.1, 0.15) is 0 Å². The first kappa shape index (κ1) is 25.6. The van der Waals surface area contributed by atoms with Gasteiger partial charge in [-0.2, -0.15) is 0 Å². The number of methoxy groups -OCH3 is 1. The zero-order valence-electron chi connectivity index (χ0n) is 18.2. The molecule has 0 spiro atoms. The second-order valence-corrected chi connectivity index (χ2v) is 7.77. The Hall–Kier alpha value is -2.65. The molecule has 0 fully saturated rings. The number of hydrogen-bond donors (Lipinski definition) is 2. The molecule has 0 saturated carbocycles. The number of aromatic nitrogens is 2. The number of nitrogens with two attached hydrogens (primary N) is 1. The minimum absolute atomic E-state index is 0.472. The molecular formula is C22H24Cl2N6OS. The van der Waals surface area contributed by atoms with E-state index < -0.39 is 0 Å². The summed E-state index contributed by atoms with van der Waals surface area (Å²) in [6, 6.07) is 9.48. The summed E-state index contributed by atoms with van der Waals surface area (Å²) >= 11 is 14.1. The molecule has 1 aromatic carbocycles. The van der Waals surface area contributed by atoms with Gasteiger partial charge in [0.15, 0.2) is 5.82 Å². The third-order valence-electron chi connectivity index (χ3n) is 4.18. The Labute approximate surface area is 202 Å². The fourth-order valence-corrected chi connectivity index (χ4v) is 4.16. The highest BCUT2D eigenvalue weighted by atomic mass is 35.5. The number of hydrogen-bond acceptors (Lipinski definition) is 8. The summed E-state index contributed by atoms with van der Waals surface area (Å²) in [6.45, 7) is 5.49. The van der Waals surface area contributed by atoms with E-state index >= 15 is 0 Å². The van der Waals surface area contributed by atoms with E-state index in [9.17, 15) is 0 Å². The summed E-state index contributed by atoms with van der Waals surface area (Å²) in [5, 5.41) is 1.07. The smallest absolute Gasteiger partial charge is 0.228 e. The minimum atomic E-state index is 0.472. The lowest BCUT2D eigenvalue weighted by Gasteiger charge is -2.14. The Balaban J connectivity index is 0.00000176. The number of pyridine rings is 2. The molecule has 2 heterocycles. The third-order valence-corrected chi connectivity index (χ3v) is 5.63. The van der Waals surface area contributed by atoms with Gasteiger partial charge < -0.3 is 15.2 Å². The Morgan fingerprint density at radius 3 is 2.62 bits per heavy atom. The van der Waals surface area contributed by atoms with Crippen molar-refractivity contribution >= 4 is 59.6 Å². The standard InChI is InChI=1S/C21H19Cl2N5OS.CH5N/c1-12-16(8-13(10-24-2)20(25-3)27-12)15-6-5-7-17(19(15)23)28-30-18-9-14(22)11-26-21(18)29-4;1-2/h5-11,28H,3H2,1-2,4H3;2H2,1H3. The van der Waals surface area contributed by atoms with Gasteiger partial charge in [0, 0.05) is 41.8 Å². The van der Waals surface area contributed by atoms with Crippen molar-refractivity contribution in [2.45, 2.75) is 11.8 Å². The van der Waals surface area contributed by atoms with Crippen molar-refractivity contribution in [3.63, 3.8) is 0 Å². The molecule has 0 aliphatic heterocycles. The van der Waals surface area contributed by atoms with Crippen LogP contribution in [0, 0.1) is 6.92 Å². The number of rotatable bonds is 7. The van der Waals surface area contributed by atoms with Crippen molar-refractivity contribution in [2.75, 3.05) is 25.9 Å². The summed E-state index contributed by atoms with van der Waals surface area (Å²) in [6.07, 6.45) is 3.23. The Bertz CT molecular complexity index is 1120. The number of halogens is 2. The van der Waals surface area contributed by atoms with Crippen LogP contribution >= 0.6 is 35.1 Å². The number of nitrogens with zero attached hydrogens (tertiary/aromatic N) is 4. The van der Waals surface area contributed by atoms with Gasteiger partial charge in [-0.3, -0.25) is 4.99 Å². The van der Waals surface area contributed by atoms with E-state index in [0.29, 0.717) is 21.7 Å². The molecule has 0 aliphatic rings. The van der Waals surface area contributed by atoms with Gasteiger partial charge in [0.25, 0.3) is 0 Å². The zero-order valence-corrected chi connectivity index (χ0v) is 20.5. The molecule has 3 aromatic rings. The van der Waals surface area contributed by atoms with Gasteiger partial charge in [0.05, 0.1) is 27.7 Å². The zero-order chi connectivity index (χ0) is 23.7. The molecule has 3 N–H and O–H groups in total. The van der Waals surface area contributed by atoms with Crippen molar-refractivity contribution in [3.05, 3.63) is 57.8 Å². The van der Waals surface area contributed by atoms with Crippen LogP contribution in [0.5, 0.6) is 5.88 Å². The number of benzene rings is 1. The summed E-state index contributed by atoms with van der Waals surface area (Å²) < 4.78 is 8.54. The van der Waals surface area contributed by atoms with Crippen molar-refractivity contribution in [1.29, 1.82) is 0 Å². The third kappa shape index (κ3) is 5.98. The average molecular weight is 491 g/mol. The molecule has 168 valence electrons. The lowest BCUT2D eigenvalue weighted by Crippen LogP contribution is -1.97. The van der Waals surface area contributed by atoms with Crippen LogP contribution in [0.3, 0.4) is 0 Å². The monoisotopic (exact) mass is 490 g/mol. The molecule has 0 aliphatic carbocycles. The molecule has 0 atom stereocenters. The number of aliphatic imine (C=N–C) groups is 2. The highest BCUT2D eigenvalue weighted by molar-refractivity contribution is 8.00. The predicted octanol–water partition coefficient (Wildman–Crippen LogP) is 5.84. The van der Waals surface area contributed by atoms with Gasteiger partial charge in [-0.15, -0.1) is 0 Å². The maximum Gasteiger partial charge on any atom is 0.228 e. The first-order valence-electron chi connectivity index (χ1n) is 9.38. The first-order chi connectivity index (χ1) is 15.5. The van der Waals surface area contributed by atoms with Crippen LogP contribution in [0.1, 0.15) is 11.3 Å². The fraction of sp³-hybridized carbons (Fsp3) is 0.182. The molecule has 0 bridgehead atoms. The topological polar surface area (TPSA) is 97.8 Å². The summed E-state index contributed by atoms with van der Waals surface area (Å²) in [4.78, 5) is 17.5. The maximum absolute atomic E-state index is 6.74. The molecule has 7 nitrogen and oxygen atoms in total. The number of nitrogens with one attached hydrogen (secondary N) is 1. The molecule has 0 saturated heterocycles. The number of ether oxygens (including phenoxy) is 1. The van der Waals surface area contributed by atoms with Crippen LogP contribution in [0.4, 0.5) is 11.5 Å². The van der Waals surface area contributed by atoms with Crippen molar-refractivity contribution in [1.82, 2.24) is 9.97 Å². The van der Waals surface area contributed by atoms with E-state index in [1.807, 2.05) is 31.2 Å². The minimum Gasteiger partial charge on any atom is -0.480 e. The molecule has 2 aromatic heterocycles. The predicted molar refractivity (Wildman–Crippen MR) is 138 cm³/mol. The number of aryl methyl sites for hydroxylation is 1. The average Bonchev–Trinajstić information content (AvgIpc) is 2.81. The normalized spacial score (nSPS) is 10.5. The second-order valence-electron chi connectivity index (χ2n) is 6.11. The molecule has 0 radical (unpaired) electrons. The van der Waals surface area contributed by atoms with Gasteiger partial charge >= 0.3 is 0 Å². The maximum atomic E-state index is 6.74. The largest absolute Gasteiger partial charge is 0.480 e. The molecule has 3 rings (SSSR count). The molecule has 32 heavy (non-hydrogen) atoms. The summed E-state index contributed by atoms with van der Waals surface area (Å²) in [5.74, 6) is 1.00. The summed E-state index contributed by atoms with van der Waals surface area (Å²) in [5.41, 5.74) is 8.52. The SMILES string of the molecule is C=Nc1nc(C)c(-c2cccc(NSc3cc(Cl)cnc3OC)c2Cl)cc1C=NC.CN. The fourth-order valence-electron chi connectivity index (χ4n) is 2.80. The quantitative estimate of drug-likeness (QED) is 0.318. The molecule has 0 amide bonds. The Morgan fingerprint density at radius 2 is 1.97 bits per heavy atom. The van der Waals surface area contributed by atoms with Gasteiger partial charge in [-0.05, 0) is 50.8 Å². The van der Waals surface area contributed by atoms with Gasteiger partial charge in [-0.1, -0.05) is 35.3 Å². The van der Waals surface area contributed by atoms with Gasteiger partial charge in [0.2, 0.25) is 5.88 Å². The van der Waals surface area contributed by atoms with Crippen LogP contribution in [0.15, 0.2) is 51.4 Å². The Kier molecular flexibility index (Phi) is 9.93. The van der Waals surface area contributed by atoms with E-state index in [2.05, 4.69) is 37.1 Å². The van der Waals surface area contributed by atoms with Crippen LogP contribution < -0.4 is 15.2 Å². The lowest BCUT2D eigenvalue weighted by atomic mass is 10.0. The van der Waals surface area contributed by atoms with Crippen LogP contribution in [0.2, 0.25) is 10.0 Å². The van der Waals surface area contributed by atoms with Crippen molar-refractivity contribution in [3.8, 4) is 17.0 Å². The lowest BCUT2D eigenvalue weighted by molar-refractivity contribution is 0.387. The number of anilines is 1. The molecule has 0 unspecified atom stereocenters. The van der Waals surface area contributed by atoms with Gasteiger partial charge in [-0.25, -0.2) is 15.0 Å². The van der Waals surface area contributed by atoms with Crippen LogP contribution in [-0.2, 0) is 0 Å². The van der Waals surface area contributed by atoms with E-state index in [4.69, 9.17) is 27.9 Å². The summed E-state index contributed by atoms with van der Waals surface area (Å²) in [7, 11) is 4.75. The van der Waals surface area contributed by atoms with E-state index in [1.165, 1.54) is 25.2 Å². The molecular weight excluding hydrogens is 467 g/mol. The van der Waals surface area contributed by atoms with E-state index in [0.717, 1.165) is 33.0 Å². The highest BCUT2D eigenvalue weighted by Crippen LogP contribution is 2.39. The first-order valence-corrected chi connectivity index (χ1v) is 10.9. The Morgan fingerprint density at radius 1 is 1.22 bits per heavy atom. The van der Waals surface area contributed by atoms with Crippen molar-refractivity contribution in [2.24, 2.45) is 15.7 Å². The van der Waals surface area contributed by atoms with E-state index in [1.54, 1.807) is 26.4 Å².